The molecule has 0 aliphatic heterocycles. The molecule has 1 unspecified atom stereocenters. The average Bonchev–Trinajstić information content (AvgIpc) is 2.24. The monoisotopic (exact) mass is 281 g/mol. The van der Waals surface area contributed by atoms with E-state index in [2.05, 4.69) is 33.0 Å². The topological polar surface area (TPSA) is 29.1 Å². The van der Waals surface area contributed by atoms with Gasteiger partial charge in [-0.15, -0.1) is 0 Å². The van der Waals surface area contributed by atoms with Crippen molar-refractivity contribution in [3.05, 3.63) is 0 Å². The highest BCUT2D eigenvalue weighted by molar-refractivity contribution is 5.88. The van der Waals surface area contributed by atoms with Crippen molar-refractivity contribution >= 4 is 5.78 Å². The number of hydrogen-bond donors (Lipinski definition) is 1. The Hall–Kier alpha value is -0.370. The van der Waals surface area contributed by atoms with Gasteiger partial charge in [-0.2, -0.15) is 0 Å². The van der Waals surface area contributed by atoms with Crippen LogP contribution in [0.5, 0.6) is 0 Å². The summed E-state index contributed by atoms with van der Waals surface area (Å²) < 4.78 is 0. The van der Waals surface area contributed by atoms with Gasteiger partial charge in [0.15, 0.2) is 5.78 Å². The van der Waals surface area contributed by atoms with E-state index >= 15 is 0 Å². The maximum atomic E-state index is 12.8. The fourth-order valence-electron chi connectivity index (χ4n) is 3.36. The molecular weight excluding hydrogens is 246 g/mol. The second-order valence-corrected chi connectivity index (χ2v) is 9.14. The number of carbonyl (C=O) groups excluding carboxylic acids is 1. The van der Waals surface area contributed by atoms with Gasteiger partial charge in [-0.1, -0.05) is 47.0 Å². The van der Waals surface area contributed by atoms with Crippen molar-refractivity contribution in [3.8, 4) is 0 Å². The van der Waals surface area contributed by atoms with Crippen molar-refractivity contribution in [2.75, 3.05) is 0 Å². The fraction of sp³-hybridized carbons (Fsp3) is 0.944. The first kappa shape index (κ1) is 17.7. The maximum Gasteiger partial charge on any atom is 0.155 e. The van der Waals surface area contributed by atoms with E-state index in [4.69, 9.17) is 0 Å². The Kier molecular flexibility index (Phi) is 5.46. The molecule has 1 fully saturated rings. The van der Waals surface area contributed by atoms with E-state index in [1.54, 1.807) is 0 Å². The lowest BCUT2D eigenvalue weighted by molar-refractivity contribution is -0.130. The summed E-state index contributed by atoms with van der Waals surface area (Å²) in [7, 11) is 0. The molecule has 1 N–H and O–H groups in total. The maximum absolute atomic E-state index is 12.8. The highest BCUT2D eigenvalue weighted by Gasteiger charge is 2.37. The summed E-state index contributed by atoms with van der Waals surface area (Å²) >= 11 is 0. The van der Waals surface area contributed by atoms with Gasteiger partial charge in [0.05, 0.1) is 6.04 Å². The molecule has 0 saturated heterocycles. The number of rotatable bonds is 4. The molecular formula is C18H35NO. The van der Waals surface area contributed by atoms with Crippen molar-refractivity contribution in [3.63, 3.8) is 0 Å². The molecule has 2 heteroatoms. The van der Waals surface area contributed by atoms with Crippen LogP contribution in [0.25, 0.3) is 0 Å². The van der Waals surface area contributed by atoms with Gasteiger partial charge in [0.1, 0.15) is 0 Å². The zero-order valence-corrected chi connectivity index (χ0v) is 14.7. The molecule has 1 atom stereocenters. The van der Waals surface area contributed by atoms with Gasteiger partial charge in [-0.3, -0.25) is 4.79 Å². The third kappa shape index (κ3) is 5.55. The third-order valence-corrected chi connectivity index (χ3v) is 4.42. The van der Waals surface area contributed by atoms with Gasteiger partial charge in [0.2, 0.25) is 0 Å². The smallest absolute Gasteiger partial charge is 0.155 e. The van der Waals surface area contributed by atoms with Crippen LogP contribution in [-0.4, -0.2) is 17.4 Å². The molecule has 2 nitrogen and oxygen atoms in total. The molecule has 1 aliphatic rings. The van der Waals surface area contributed by atoms with Crippen LogP contribution < -0.4 is 5.32 Å². The van der Waals surface area contributed by atoms with E-state index < -0.39 is 0 Å². The summed E-state index contributed by atoms with van der Waals surface area (Å²) in [5, 5.41) is 3.59. The summed E-state index contributed by atoms with van der Waals surface area (Å²) in [6.07, 6.45) is 7.53. The van der Waals surface area contributed by atoms with Crippen LogP contribution in [0.2, 0.25) is 0 Å². The van der Waals surface area contributed by atoms with E-state index in [9.17, 15) is 4.79 Å². The second kappa shape index (κ2) is 6.17. The summed E-state index contributed by atoms with van der Waals surface area (Å²) in [6, 6.07) is -0.0156. The lowest BCUT2D eigenvalue weighted by atomic mass is 9.69. The fourth-order valence-corrected chi connectivity index (χ4v) is 3.36. The standard InChI is InChI=1S/C18H35NO/c1-16(2,3)15(20)14(19-17(4,5)6)13-18(7)11-9-8-10-12-18/h14,19H,8-13H2,1-7H3. The van der Waals surface area contributed by atoms with Crippen molar-refractivity contribution in [2.24, 2.45) is 10.8 Å². The van der Waals surface area contributed by atoms with Gasteiger partial charge in [-0.05, 0) is 45.4 Å². The van der Waals surface area contributed by atoms with E-state index in [0.717, 1.165) is 6.42 Å². The molecule has 1 saturated carbocycles. The Labute approximate surface area is 126 Å². The Morgan fingerprint density at radius 2 is 1.55 bits per heavy atom. The zero-order chi connectivity index (χ0) is 15.6. The summed E-state index contributed by atoms with van der Waals surface area (Å²) in [5.74, 6) is 0.360. The van der Waals surface area contributed by atoms with Crippen LogP contribution in [-0.2, 0) is 4.79 Å². The predicted octanol–water partition coefficient (Wildman–Crippen LogP) is 4.72. The van der Waals surface area contributed by atoms with Crippen LogP contribution >= 0.6 is 0 Å². The number of ketones is 1. The van der Waals surface area contributed by atoms with Gasteiger partial charge in [-0.25, -0.2) is 0 Å². The first-order valence-corrected chi connectivity index (χ1v) is 8.25. The quantitative estimate of drug-likeness (QED) is 0.808. The van der Waals surface area contributed by atoms with Crippen molar-refractivity contribution in [1.82, 2.24) is 5.32 Å². The van der Waals surface area contributed by atoms with Crippen LogP contribution in [0.15, 0.2) is 0 Å². The molecule has 0 aromatic heterocycles. The Bertz CT molecular complexity index is 326. The summed E-state index contributed by atoms with van der Waals surface area (Å²) in [6.45, 7) is 14.9. The van der Waals surface area contributed by atoms with Crippen molar-refractivity contribution in [2.45, 2.75) is 98.6 Å². The molecule has 118 valence electrons. The van der Waals surface area contributed by atoms with Gasteiger partial charge >= 0.3 is 0 Å². The van der Waals surface area contributed by atoms with Crippen molar-refractivity contribution < 1.29 is 4.79 Å². The van der Waals surface area contributed by atoms with Crippen LogP contribution in [0.4, 0.5) is 0 Å². The van der Waals surface area contributed by atoms with Gasteiger partial charge < -0.3 is 5.32 Å². The van der Waals surface area contributed by atoms with Crippen LogP contribution in [0, 0.1) is 10.8 Å². The van der Waals surface area contributed by atoms with E-state index in [0.29, 0.717) is 11.2 Å². The lowest BCUT2D eigenvalue weighted by Crippen LogP contribution is -2.52. The highest BCUT2D eigenvalue weighted by atomic mass is 16.1. The third-order valence-electron chi connectivity index (χ3n) is 4.42. The molecule has 0 aromatic carbocycles. The van der Waals surface area contributed by atoms with Gasteiger partial charge in [0, 0.05) is 11.0 Å². The van der Waals surface area contributed by atoms with Crippen molar-refractivity contribution in [1.29, 1.82) is 0 Å². The molecule has 0 bridgehead atoms. The highest BCUT2D eigenvalue weighted by Crippen LogP contribution is 2.40. The van der Waals surface area contributed by atoms with E-state index in [1.165, 1.54) is 32.1 Å². The molecule has 1 aliphatic carbocycles. The number of Topliss-reactive ketones (excluding diaryl/α,β-unsaturated/α-hetero) is 1. The molecule has 1 rings (SSSR count). The predicted molar refractivity (Wildman–Crippen MR) is 86.9 cm³/mol. The number of hydrogen-bond acceptors (Lipinski definition) is 2. The number of carbonyl (C=O) groups is 1. The molecule has 0 radical (unpaired) electrons. The van der Waals surface area contributed by atoms with Crippen LogP contribution in [0.3, 0.4) is 0 Å². The summed E-state index contributed by atoms with van der Waals surface area (Å²) in [5.41, 5.74) is 0.0482. The minimum Gasteiger partial charge on any atom is -0.303 e. The first-order chi connectivity index (χ1) is 8.93. The Morgan fingerprint density at radius 1 is 1.05 bits per heavy atom. The van der Waals surface area contributed by atoms with Crippen LogP contribution in [0.1, 0.15) is 87.0 Å². The molecule has 0 heterocycles. The average molecular weight is 281 g/mol. The molecule has 0 amide bonds. The van der Waals surface area contributed by atoms with E-state index in [-0.39, 0.29) is 17.0 Å². The minimum absolute atomic E-state index is 0.0156. The SMILES string of the molecule is CC1(CC(NC(C)(C)C)C(=O)C(C)(C)C)CCCCC1. The molecule has 20 heavy (non-hydrogen) atoms. The molecule has 0 spiro atoms. The number of nitrogens with one attached hydrogen (secondary N) is 1. The normalized spacial score (nSPS) is 21.6. The zero-order valence-electron chi connectivity index (χ0n) is 14.7. The van der Waals surface area contributed by atoms with Gasteiger partial charge in [0.25, 0.3) is 0 Å². The Morgan fingerprint density at radius 3 is 1.95 bits per heavy atom. The first-order valence-electron chi connectivity index (χ1n) is 8.25. The Balaban J connectivity index is 2.84. The second-order valence-electron chi connectivity index (χ2n) is 9.14. The molecule has 0 aromatic rings. The largest absolute Gasteiger partial charge is 0.303 e. The summed E-state index contributed by atoms with van der Waals surface area (Å²) in [4.78, 5) is 12.8. The minimum atomic E-state index is -0.270. The van der Waals surface area contributed by atoms with E-state index in [1.807, 2.05) is 20.8 Å². The lowest BCUT2D eigenvalue weighted by Gasteiger charge is -2.40.